The van der Waals surface area contributed by atoms with E-state index in [1.165, 1.54) is 18.0 Å². The molecule has 2 aliphatic rings. The van der Waals surface area contributed by atoms with Crippen LogP contribution in [0.4, 0.5) is 5.69 Å². The lowest BCUT2D eigenvalue weighted by atomic mass is 10.2. The summed E-state index contributed by atoms with van der Waals surface area (Å²) >= 11 is 1.35. The molecule has 2 fully saturated rings. The van der Waals surface area contributed by atoms with E-state index in [1.54, 1.807) is 26.2 Å². The van der Waals surface area contributed by atoms with E-state index in [2.05, 4.69) is 10.3 Å². The predicted octanol–water partition coefficient (Wildman–Crippen LogP) is 1.31. The topological polar surface area (TPSA) is 112 Å². The molecule has 10 heteroatoms. The molecule has 1 amide bonds. The Morgan fingerprint density at radius 3 is 2.75 bits per heavy atom. The third kappa shape index (κ3) is 4.15. The van der Waals surface area contributed by atoms with Gasteiger partial charge in [0, 0.05) is 17.5 Å². The monoisotopic (exact) mass is 420 g/mol. The van der Waals surface area contributed by atoms with Crippen LogP contribution in [0.5, 0.6) is 5.75 Å². The van der Waals surface area contributed by atoms with Crippen molar-refractivity contribution in [2.75, 3.05) is 30.1 Å². The molecule has 2 atom stereocenters. The number of nitriles is 1. The summed E-state index contributed by atoms with van der Waals surface area (Å²) in [6.07, 6.45) is 1.24. The van der Waals surface area contributed by atoms with Crippen LogP contribution in [0.25, 0.3) is 0 Å². The number of nitrogens with one attached hydrogen (secondary N) is 1. The minimum absolute atomic E-state index is 0.0425. The second-order valence-corrected chi connectivity index (χ2v) is 9.65. The molecule has 2 heterocycles. The number of anilines is 1. The molecule has 0 saturated carbocycles. The van der Waals surface area contributed by atoms with Gasteiger partial charge in [-0.3, -0.25) is 4.79 Å². The third-order valence-electron chi connectivity index (χ3n) is 4.42. The summed E-state index contributed by atoms with van der Waals surface area (Å²) in [6, 6.07) is 8.85. The summed E-state index contributed by atoms with van der Waals surface area (Å²) < 4.78 is 29.4. The van der Waals surface area contributed by atoms with Gasteiger partial charge in [0.2, 0.25) is 0 Å². The van der Waals surface area contributed by atoms with Crippen molar-refractivity contribution in [3.05, 3.63) is 36.0 Å². The number of benzene rings is 1. The van der Waals surface area contributed by atoms with Crippen LogP contribution in [0.2, 0.25) is 0 Å². The summed E-state index contributed by atoms with van der Waals surface area (Å²) in [4.78, 5) is 18.1. The Hall–Kier alpha value is -2.51. The lowest BCUT2D eigenvalue weighted by Crippen LogP contribution is -2.37. The summed E-state index contributed by atoms with van der Waals surface area (Å²) in [7, 11) is -1.54. The molecular weight excluding hydrogens is 400 g/mol. The van der Waals surface area contributed by atoms with Crippen molar-refractivity contribution in [1.29, 1.82) is 5.26 Å². The van der Waals surface area contributed by atoms with Crippen LogP contribution >= 0.6 is 11.8 Å². The highest BCUT2D eigenvalue weighted by Gasteiger charge is 2.49. The van der Waals surface area contributed by atoms with Crippen molar-refractivity contribution < 1.29 is 17.9 Å². The number of hydrogen-bond acceptors (Lipinski definition) is 7. The number of fused-ring (bicyclic) bond motifs is 1. The summed E-state index contributed by atoms with van der Waals surface area (Å²) in [6.45, 7) is 2.17. The molecule has 0 aromatic heterocycles. The molecule has 0 aliphatic carbocycles. The Morgan fingerprint density at radius 2 is 2.14 bits per heavy atom. The van der Waals surface area contributed by atoms with Gasteiger partial charge >= 0.3 is 0 Å². The van der Waals surface area contributed by atoms with E-state index in [4.69, 9.17) is 4.74 Å². The predicted molar refractivity (Wildman–Crippen MR) is 109 cm³/mol. The molecule has 1 N–H and O–H groups in total. The highest BCUT2D eigenvalue weighted by atomic mass is 32.2. The lowest BCUT2D eigenvalue weighted by molar-refractivity contribution is -0.117. The SMILES string of the molecule is CCNC(=O)C(C#N)=CN=C1S[C@@H]2CS(=O)(=O)C[C@@H]2N1c1ccc(OC)cc1. The normalized spacial score (nSPS) is 24.7. The standard InChI is InChI=1S/C18H20N4O4S2/c1-3-20-17(23)12(8-19)9-21-18-22(13-4-6-14(26-2)7-5-13)15-10-28(24,25)11-16(15)27-18/h4-7,9,15-16H,3,10-11H2,1-2H3,(H,20,23)/t15-,16+/m0/s1. The Balaban J connectivity index is 1.97. The molecule has 2 saturated heterocycles. The zero-order valence-corrected chi connectivity index (χ0v) is 17.1. The van der Waals surface area contributed by atoms with Gasteiger partial charge < -0.3 is 15.0 Å². The minimum atomic E-state index is -3.11. The van der Waals surface area contributed by atoms with Gasteiger partial charge in [-0.15, -0.1) is 0 Å². The number of carbonyl (C=O) groups excluding carboxylic acids is 1. The Labute approximate surface area is 168 Å². The maximum absolute atomic E-state index is 12.1. The Morgan fingerprint density at radius 1 is 1.43 bits per heavy atom. The van der Waals surface area contributed by atoms with Gasteiger partial charge in [0.05, 0.1) is 30.9 Å². The molecule has 2 aliphatic heterocycles. The van der Waals surface area contributed by atoms with Crippen LogP contribution < -0.4 is 15.0 Å². The first-order chi connectivity index (χ1) is 13.4. The van der Waals surface area contributed by atoms with Gasteiger partial charge in [-0.1, -0.05) is 11.8 Å². The van der Waals surface area contributed by atoms with Gasteiger partial charge in [-0.25, -0.2) is 13.4 Å². The van der Waals surface area contributed by atoms with E-state index in [1.807, 2.05) is 23.1 Å². The quantitative estimate of drug-likeness (QED) is 0.565. The van der Waals surface area contributed by atoms with Crippen molar-refractivity contribution in [1.82, 2.24) is 5.32 Å². The second kappa shape index (κ2) is 8.24. The molecule has 1 aromatic carbocycles. The van der Waals surface area contributed by atoms with Gasteiger partial charge in [-0.05, 0) is 31.2 Å². The van der Waals surface area contributed by atoms with Crippen LogP contribution in [0.15, 0.2) is 41.0 Å². The van der Waals surface area contributed by atoms with E-state index in [9.17, 15) is 18.5 Å². The van der Waals surface area contributed by atoms with Crippen LogP contribution in [0.1, 0.15) is 6.92 Å². The number of rotatable bonds is 5. The van der Waals surface area contributed by atoms with Crippen LogP contribution in [-0.2, 0) is 14.6 Å². The average molecular weight is 421 g/mol. The summed E-state index contributed by atoms with van der Waals surface area (Å²) in [5, 5.41) is 12.2. The maximum atomic E-state index is 12.1. The fourth-order valence-electron chi connectivity index (χ4n) is 3.14. The number of hydrogen-bond donors (Lipinski definition) is 1. The van der Waals surface area contributed by atoms with E-state index in [0.717, 1.165) is 5.69 Å². The molecule has 148 valence electrons. The van der Waals surface area contributed by atoms with Gasteiger partial charge in [-0.2, -0.15) is 5.26 Å². The molecular formula is C18H20N4O4S2. The summed E-state index contributed by atoms with van der Waals surface area (Å²) in [5.41, 5.74) is 0.677. The van der Waals surface area contributed by atoms with Gasteiger partial charge in [0.25, 0.3) is 5.91 Å². The van der Waals surface area contributed by atoms with Crippen LogP contribution in [0.3, 0.4) is 0 Å². The summed E-state index contributed by atoms with van der Waals surface area (Å²) in [5.74, 6) is 0.323. The molecule has 0 spiro atoms. The number of likely N-dealkylation sites (N-methyl/N-ethyl adjacent to an activating group) is 1. The number of amidine groups is 1. The molecule has 0 radical (unpaired) electrons. The number of aliphatic imine (C=N–C) groups is 1. The number of thioether (sulfide) groups is 1. The number of nitrogens with zero attached hydrogens (tertiary/aromatic N) is 3. The van der Waals surface area contributed by atoms with Crippen LogP contribution in [0, 0.1) is 11.3 Å². The molecule has 1 aromatic rings. The van der Waals surface area contributed by atoms with Crippen LogP contribution in [-0.4, -0.2) is 55.9 Å². The molecule has 8 nitrogen and oxygen atoms in total. The van der Waals surface area contributed by atoms with Crippen molar-refractivity contribution >= 4 is 38.4 Å². The number of sulfone groups is 1. The molecule has 0 unspecified atom stereocenters. The van der Waals surface area contributed by atoms with Crippen molar-refractivity contribution in [2.24, 2.45) is 4.99 Å². The molecule has 0 bridgehead atoms. The maximum Gasteiger partial charge on any atom is 0.263 e. The highest BCUT2D eigenvalue weighted by molar-refractivity contribution is 8.16. The van der Waals surface area contributed by atoms with Gasteiger partial charge in [0.1, 0.15) is 17.4 Å². The van der Waals surface area contributed by atoms with E-state index in [0.29, 0.717) is 17.5 Å². The highest BCUT2D eigenvalue weighted by Crippen LogP contribution is 2.41. The molecule has 28 heavy (non-hydrogen) atoms. The zero-order valence-electron chi connectivity index (χ0n) is 15.5. The fraction of sp³-hybridized carbons (Fsp3) is 0.389. The van der Waals surface area contributed by atoms with Crippen molar-refractivity contribution in [2.45, 2.75) is 18.2 Å². The third-order valence-corrected chi connectivity index (χ3v) is 7.65. The fourth-order valence-corrected chi connectivity index (χ4v) is 7.03. The largest absolute Gasteiger partial charge is 0.497 e. The molecule has 3 rings (SSSR count). The van der Waals surface area contributed by atoms with E-state index in [-0.39, 0.29) is 28.4 Å². The first kappa shape index (κ1) is 20.2. The van der Waals surface area contributed by atoms with Crippen molar-refractivity contribution in [3.63, 3.8) is 0 Å². The van der Waals surface area contributed by atoms with Crippen molar-refractivity contribution in [3.8, 4) is 11.8 Å². The lowest BCUT2D eigenvalue weighted by Gasteiger charge is -2.24. The Kier molecular flexibility index (Phi) is 5.96. The number of carbonyl (C=O) groups is 1. The zero-order chi connectivity index (χ0) is 20.3. The van der Waals surface area contributed by atoms with E-state index >= 15 is 0 Å². The Bertz CT molecular complexity index is 964. The second-order valence-electron chi connectivity index (χ2n) is 6.29. The van der Waals surface area contributed by atoms with Gasteiger partial charge in [0.15, 0.2) is 15.0 Å². The first-order valence-corrected chi connectivity index (χ1v) is 11.3. The number of ether oxygens (including phenoxy) is 1. The van der Waals surface area contributed by atoms with E-state index < -0.39 is 15.7 Å². The smallest absolute Gasteiger partial charge is 0.263 e. The average Bonchev–Trinajstić information content (AvgIpc) is 3.13. The number of amides is 1. The number of methoxy groups -OCH3 is 1. The minimum Gasteiger partial charge on any atom is -0.497 e. The first-order valence-electron chi connectivity index (χ1n) is 8.65.